The van der Waals surface area contributed by atoms with Gasteiger partial charge in [-0.25, -0.2) is 0 Å². The molecule has 0 bridgehead atoms. The Morgan fingerprint density at radius 2 is 2.43 bits per heavy atom. The Balaban J connectivity index is 2.05. The van der Waals surface area contributed by atoms with Crippen LogP contribution in [0.4, 0.5) is 0 Å². The number of carbonyl (C=O) groups excluding carboxylic acids is 1. The molecule has 3 nitrogen and oxygen atoms in total. The van der Waals surface area contributed by atoms with Gasteiger partial charge in [-0.1, -0.05) is 0 Å². The molecule has 2 rings (SSSR count). The van der Waals surface area contributed by atoms with E-state index in [9.17, 15) is 4.79 Å². The van der Waals surface area contributed by atoms with Crippen LogP contribution < -0.4 is 0 Å². The Kier molecular flexibility index (Phi) is 2.56. The molecule has 1 aliphatic carbocycles. The van der Waals surface area contributed by atoms with Crippen LogP contribution in [0.15, 0.2) is 0 Å². The van der Waals surface area contributed by atoms with E-state index in [0.29, 0.717) is 12.8 Å². The van der Waals surface area contributed by atoms with Crippen LogP contribution in [-0.4, -0.2) is 18.5 Å². The zero-order valence-electron chi connectivity index (χ0n) is 8.29. The van der Waals surface area contributed by atoms with Gasteiger partial charge in [-0.3, -0.25) is 4.79 Å². The molecule has 1 saturated heterocycles. The molecule has 0 radical (unpaired) electrons. The van der Waals surface area contributed by atoms with Gasteiger partial charge in [0.1, 0.15) is 5.41 Å². The Labute approximate surface area is 84.0 Å². The quantitative estimate of drug-likeness (QED) is 0.672. The molecule has 76 valence electrons. The number of ketones is 1. The summed E-state index contributed by atoms with van der Waals surface area (Å²) in [5, 5.41) is 9.12. The highest BCUT2D eigenvalue weighted by Crippen LogP contribution is 2.40. The number of Topliss-reactive ketones (excluding diaryl/α,β-unsaturated/α-hetero) is 1. The zero-order valence-corrected chi connectivity index (χ0v) is 8.29. The Bertz CT molecular complexity index is 276. The monoisotopic (exact) mass is 193 g/mol. The lowest BCUT2D eigenvalue weighted by atomic mass is 9.81. The van der Waals surface area contributed by atoms with E-state index in [4.69, 9.17) is 10.00 Å². The van der Waals surface area contributed by atoms with Gasteiger partial charge in [0, 0.05) is 13.0 Å². The second-order valence-corrected chi connectivity index (χ2v) is 4.31. The van der Waals surface area contributed by atoms with Gasteiger partial charge in [0.2, 0.25) is 0 Å². The lowest BCUT2D eigenvalue weighted by Gasteiger charge is -2.21. The van der Waals surface area contributed by atoms with Crippen LogP contribution in [0.2, 0.25) is 0 Å². The second kappa shape index (κ2) is 3.70. The molecular formula is C11H15NO2. The summed E-state index contributed by atoms with van der Waals surface area (Å²) >= 11 is 0. The number of hydrogen-bond acceptors (Lipinski definition) is 3. The highest BCUT2D eigenvalue weighted by Gasteiger charge is 2.44. The van der Waals surface area contributed by atoms with E-state index in [-0.39, 0.29) is 11.9 Å². The van der Waals surface area contributed by atoms with Crippen molar-refractivity contribution in [3.8, 4) is 6.07 Å². The van der Waals surface area contributed by atoms with Crippen molar-refractivity contribution in [3.63, 3.8) is 0 Å². The number of ether oxygens (including phenoxy) is 1. The van der Waals surface area contributed by atoms with Crippen LogP contribution >= 0.6 is 0 Å². The number of carbonyl (C=O) groups is 1. The van der Waals surface area contributed by atoms with E-state index in [1.807, 2.05) is 0 Å². The molecule has 2 atom stereocenters. The first kappa shape index (κ1) is 9.67. The fraction of sp³-hybridized carbons (Fsp3) is 0.818. The average Bonchev–Trinajstić information content (AvgIpc) is 2.79. The summed E-state index contributed by atoms with van der Waals surface area (Å²) in [5.74, 6) is 0.135. The Morgan fingerprint density at radius 1 is 1.57 bits per heavy atom. The average molecular weight is 193 g/mol. The highest BCUT2D eigenvalue weighted by atomic mass is 16.5. The van der Waals surface area contributed by atoms with Gasteiger partial charge in [0.05, 0.1) is 12.2 Å². The summed E-state index contributed by atoms with van der Waals surface area (Å²) in [5.41, 5.74) is -0.699. The van der Waals surface area contributed by atoms with Crippen LogP contribution in [-0.2, 0) is 9.53 Å². The van der Waals surface area contributed by atoms with Crippen molar-refractivity contribution in [3.05, 3.63) is 0 Å². The van der Waals surface area contributed by atoms with Crippen LogP contribution in [0.1, 0.15) is 38.5 Å². The first-order valence-corrected chi connectivity index (χ1v) is 5.33. The van der Waals surface area contributed by atoms with Crippen LogP contribution in [0.5, 0.6) is 0 Å². The maximum atomic E-state index is 11.6. The number of nitrogens with zero attached hydrogens (tertiary/aromatic N) is 1. The number of rotatable bonds is 2. The molecule has 1 heterocycles. The summed E-state index contributed by atoms with van der Waals surface area (Å²) < 4.78 is 5.49. The van der Waals surface area contributed by atoms with Gasteiger partial charge in [0.25, 0.3) is 0 Å². The summed E-state index contributed by atoms with van der Waals surface area (Å²) in [6.45, 7) is 0.792. The van der Waals surface area contributed by atoms with Crippen molar-refractivity contribution >= 4 is 5.78 Å². The number of hydrogen-bond donors (Lipinski definition) is 0. The van der Waals surface area contributed by atoms with Gasteiger partial charge >= 0.3 is 0 Å². The summed E-state index contributed by atoms with van der Waals surface area (Å²) in [4.78, 5) is 11.6. The van der Waals surface area contributed by atoms with Crippen LogP contribution in [0.3, 0.4) is 0 Å². The standard InChI is InChI=1S/C11H15NO2/c12-8-11(5-1-4-10(11)13)7-9-3-2-6-14-9/h9H,1-7H2. The van der Waals surface area contributed by atoms with E-state index < -0.39 is 5.41 Å². The maximum Gasteiger partial charge on any atom is 0.153 e. The Hall–Kier alpha value is -0.880. The van der Waals surface area contributed by atoms with Crippen molar-refractivity contribution in [1.82, 2.24) is 0 Å². The summed E-state index contributed by atoms with van der Waals surface area (Å²) in [6, 6.07) is 2.22. The third kappa shape index (κ3) is 1.55. The van der Waals surface area contributed by atoms with Crippen LogP contribution in [0, 0.1) is 16.7 Å². The fourth-order valence-corrected chi connectivity index (χ4v) is 2.50. The molecule has 0 aromatic heterocycles. The molecule has 3 heteroatoms. The van der Waals surface area contributed by atoms with E-state index in [2.05, 4.69) is 6.07 Å². The van der Waals surface area contributed by atoms with Crippen molar-refractivity contribution < 1.29 is 9.53 Å². The third-order valence-corrected chi connectivity index (χ3v) is 3.36. The maximum absolute atomic E-state index is 11.6. The van der Waals surface area contributed by atoms with Crippen molar-refractivity contribution in [2.24, 2.45) is 5.41 Å². The highest BCUT2D eigenvalue weighted by molar-refractivity contribution is 5.89. The minimum Gasteiger partial charge on any atom is -0.378 e. The molecule has 1 saturated carbocycles. The second-order valence-electron chi connectivity index (χ2n) is 4.31. The predicted octanol–water partition coefficient (Wildman–Crippen LogP) is 1.82. The van der Waals surface area contributed by atoms with Gasteiger partial charge in [0.15, 0.2) is 5.78 Å². The Morgan fingerprint density at radius 3 is 2.93 bits per heavy atom. The topological polar surface area (TPSA) is 50.1 Å². The number of nitriles is 1. The minimum absolute atomic E-state index is 0.135. The van der Waals surface area contributed by atoms with Gasteiger partial charge < -0.3 is 4.74 Å². The smallest absolute Gasteiger partial charge is 0.153 e. The first-order valence-electron chi connectivity index (χ1n) is 5.33. The summed E-state index contributed by atoms with van der Waals surface area (Å²) in [7, 11) is 0. The normalized spacial score (nSPS) is 37.4. The van der Waals surface area contributed by atoms with E-state index in [1.54, 1.807) is 0 Å². The fourth-order valence-electron chi connectivity index (χ4n) is 2.50. The van der Waals surface area contributed by atoms with E-state index >= 15 is 0 Å². The van der Waals surface area contributed by atoms with Crippen LogP contribution in [0.25, 0.3) is 0 Å². The minimum atomic E-state index is -0.699. The molecule has 2 unspecified atom stereocenters. The molecule has 1 aliphatic heterocycles. The first-order chi connectivity index (χ1) is 6.77. The molecule has 0 aromatic carbocycles. The molecule has 0 spiro atoms. The molecule has 0 N–H and O–H groups in total. The lowest BCUT2D eigenvalue weighted by Crippen LogP contribution is -2.28. The van der Waals surface area contributed by atoms with Crippen molar-refractivity contribution in [1.29, 1.82) is 5.26 Å². The third-order valence-electron chi connectivity index (χ3n) is 3.36. The van der Waals surface area contributed by atoms with E-state index in [1.165, 1.54) is 0 Å². The summed E-state index contributed by atoms with van der Waals surface area (Å²) in [6.07, 6.45) is 5.05. The van der Waals surface area contributed by atoms with Gasteiger partial charge in [-0.15, -0.1) is 0 Å². The largest absolute Gasteiger partial charge is 0.378 e. The van der Waals surface area contributed by atoms with Gasteiger partial charge in [-0.05, 0) is 32.1 Å². The molecule has 14 heavy (non-hydrogen) atoms. The molecule has 0 amide bonds. The molecule has 2 fully saturated rings. The van der Waals surface area contributed by atoms with E-state index in [0.717, 1.165) is 32.3 Å². The predicted molar refractivity (Wildman–Crippen MR) is 50.5 cm³/mol. The van der Waals surface area contributed by atoms with Gasteiger partial charge in [-0.2, -0.15) is 5.26 Å². The molecule has 2 aliphatic rings. The molecular weight excluding hydrogens is 178 g/mol. The molecule has 0 aromatic rings. The lowest BCUT2D eigenvalue weighted by molar-refractivity contribution is -0.124. The SMILES string of the molecule is N#CC1(CC2CCCO2)CCCC1=O. The van der Waals surface area contributed by atoms with Crippen molar-refractivity contribution in [2.75, 3.05) is 6.61 Å². The van der Waals surface area contributed by atoms with Crippen molar-refractivity contribution in [2.45, 2.75) is 44.6 Å². The zero-order chi connectivity index (χ0) is 10.0.